The van der Waals surface area contributed by atoms with Crippen LogP contribution in [0.3, 0.4) is 0 Å². The van der Waals surface area contributed by atoms with Crippen molar-refractivity contribution in [2.75, 3.05) is 4.90 Å². The minimum atomic E-state index is -1.04. The van der Waals surface area contributed by atoms with Crippen molar-refractivity contribution in [2.45, 2.75) is 25.1 Å². The van der Waals surface area contributed by atoms with Crippen molar-refractivity contribution in [1.29, 1.82) is 0 Å². The Morgan fingerprint density at radius 2 is 2.04 bits per heavy atom. The lowest BCUT2D eigenvalue weighted by molar-refractivity contribution is 0.0373. The van der Waals surface area contributed by atoms with Gasteiger partial charge in [-0.05, 0) is 25.1 Å². The van der Waals surface area contributed by atoms with E-state index in [-0.39, 0.29) is 11.7 Å². The normalized spacial score (nSPS) is 25.4. The van der Waals surface area contributed by atoms with E-state index in [1.807, 2.05) is 24.3 Å². The summed E-state index contributed by atoms with van der Waals surface area (Å²) in [6.07, 6.45) is 0.465. The standard InChI is InChI=1S/C17H14F2N2O2/c1-17-9-13(11-4-2-3-5-15(11)23-17)20-16(22)21(17)14-7-6-10(18)8-12(14)19/h2-8,13H,9H2,1H3,(H,20,22)/t13-,17-/m0/s1. The number of fused-ring (bicyclic) bond motifs is 4. The minimum absolute atomic E-state index is 0.00997. The highest BCUT2D eigenvalue weighted by molar-refractivity contribution is 5.95. The Bertz CT molecular complexity index is 811. The fourth-order valence-corrected chi connectivity index (χ4v) is 3.35. The number of hydrogen-bond donors (Lipinski definition) is 1. The third-order valence-electron chi connectivity index (χ3n) is 4.33. The molecule has 23 heavy (non-hydrogen) atoms. The van der Waals surface area contributed by atoms with E-state index in [4.69, 9.17) is 4.74 Å². The Balaban J connectivity index is 1.83. The van der Waals surface area contributed by atoms with Crippen molar-refractivity contribution < 1.29 is 18.3 Å². The zero-order valence-corrected chi connectivity index (χ0v) is 12.3. The first kappa shape index (κ1) is 14.0. The molecule has 0 aromatic heterocycles. The molecular weight excluding hydrogens is 302 g/mol. The first-order chi connectivity index (χ1) is 11.0. The molecule has 0 spiro atoms. The first-order valence-corrected chi connectivity index (χ1v) is 7.32. The lowest BCUT2D eigenvalue weighted by Gasteiger charge is -2.50. The summed E-state index contributed by atoms with van der Waals surface area (Å²) in [6.45, 7) is 1.73. The molecule has 6 heteroatoms. The van der Waals surface area contributed by atoms with Gasteiger partial charge in [0.25, 0.3) is 0 Å². The summed E-state index contributed by atoms with van der Waals surface area (Å²) >= 11 is 0. The molecule has 0 unspecified atom stereocenters. The van der Waals surface area contributed by atoms with Gasteiger partial charge in [0.15, 0.2) is 5.72 Å². The minimum Gasteiger partial charge on any atom is -0.467 e. The van der Waals surface area contributed by atoms with Crippen LogP contribution in [0.2, 0.25) is 0 Å². The number of hydrogen-bond acceptors (Lipinski definition) is 2. The van der Waals surface area contributed by atoms with Crippen molar-refractivity contribution in [1.82, 2.24) is 5.32 Å². The number of ether oxygens (including phenoxy) is 1. The number of benzene rings is 2. The van der Waals surface area contributed by atoms with E-state index in [0.717, 1.165) is 17.7 Å². The number of urea groups is 1. The molecular formula is C17H14F2N2O2. The van der Waals surface area contributed by atoms with Crippen LogP contribution in [0, 0.1) is 11.6 Å². The summed E-state index contributed by atoms with van der Waals surface area (Å²) in [5, 5.41) is 2.87. The summed E-state index contributed by atoms with van der Waals surface area (Å²) < 4.78 is 33.4. The Kier molecular flexibility index (Phi) is 2.85. The van der Waals surface area contributed by atoms with Gasteiger partial charge in [0, 0.05) is 18.1 Å². The van der Waals surface area contributed by atoms with Crippen LogP contribution >= 0.6 is 0 Å². The van der Waals surface area contributed by atoms with Crippen molar-refractivity contribution in [3.05, 3.63) is 59.7 Å². The van der Waals surface area contributed by atoms with Gasteiger partial charge < -0.3 is 10.1 Å². The Hall–Kier alpha value is -2.63. The summed E-state index contributed by atoms with van der Waals surface area (Å²) in [5.41, 5.74) is -0.151. The molecule has 2 aromatic rings. The molecule has 4 rings (SSSR count). The SMILES string of the molecule is C[C@]12C[C@H](NC(=O)N1c1ccc(F)cc1F)c1ccccc1O2. The molecule has 2 atom stereocenters. The maximum atomic E-state index is 14.2. The maximum absolute atomic E-state index is 14.2. The van der Waals surface area contributed by atoms with Crippen LogP contribution in [0.25, 0.3) is 0 Å². The number of amides is 2. The van der Waals surface area contributed by atoms with E-state index >= 15 is 0 Å². The van der Waals surface area contributed by atoms with Gasteiger partial charge in [-0.1, -0.05) is 18.2 Å². The zero-order valence-electron chi connectivity index (χ0n) is 12.3. The molecule has 118 valence electrons. The molecule has 2 amide bonds. The van der Waals surface area contributed by atoms with Gasteiger partial charge in [0.05, 0.1) is 11.7 Å². The summed E-state index contributed by atoms with van der Waals surface area (Å²) in [6, 6.07) is 9.90. The number of nitrogens with zero attached hydrogens (tertiary/aromatic N) is 1. The zero-order chi connectivity index (χ0) is 16.2. The second-order valence-corrected chi connectivity index (χ2v) is 5.95. The van der Waals surface area contributed by atoms with Crippen LogP contribution < -0.4 is 15.0 Å². The molecule has 2 aliphatic heterocycles. The van der Waals surface area contributed by atoms with E-state index in [0.29, 0.717) is 12.2 Å². The molecule has 2 bridgehead atoms. The van der Waals surface area contributed by atoms with Gasteiger partial charge in [0.1, 0.15) is 17.4 Å². The molecule has 0 radical (unpaired) electrons. The molecule has 1 N–H and O–H groups in total. The van der Waals surface area contributed by atoms with Crippen LogP contribution in [0.15, 0.2) is 42.5 Å². The van der Waals surface area contributed by atoms with E-state index in [1.54, 1.807) is 6.92 Å². The molecule has 2 heterocycles. The third kappa shape index (κ3) is 2.05. The Morgan fingerprint density at radius 1 is 1.26 bits per heavy atom. The van der Waals surface area contributed by atoms with Crippen LogP contribution in [0.4, 0.5) is 19.3 Å². The number of para-hydroxylation sites is 1. The van der Waals surface area contributed by atoms with Gasteiger partial charge in [-0.2, -0.15) is 0 Å². The second-order valence-electron chi connectivity index (χ2n) is 5.95. The number of halogens is 2. The summed E-state index contributed by atoms with van der Waals surface area (Å²) in [7, 11) is 0. The molecule has 0 saturated carbocycles. The van der Waals surface area contributed by atoms with Gasteiger partial charge in [-0.3, -0.25) is 4.90 Å². The topological polar surface area (TPSA) is 41.6 Å². The van der Waals surface area contributed by atoms with Crippen molar-refractivity contribution in [3.8, 4) is 5.75 Å². The number of nitrogens with one attached hydrogen (secondary N) is 1. The van der Waals surface area contributed by atoms with Gasteiger partial charge in [-0.15, -0.1) is 0 Å². The Morgan fingerprint density at radius 3 is 2.83 bits per heavy atom. The first-order valence-electron chi connectivity index (χ1n) is 7.32. The molecule has 1 saturated heterocycles. The van der Waals surface area contributed by atoms with Crippen LogP contribution in [-0.4, -0.2) is 11.8 Å². The molecule has 1 fully saturated rings. The van der Waals surface area contributed by atoms with E-state index in [9.17, 15) is 13.6 Å². The van der Waals surface area contributed by atoms with Gasteiger partial charge >= 0.3 is 6.03 Å². The molecule has 0 aliphatic carbocycles. The largest absolute Gasteiger partial charge is 0.467 e. The third-order valence-corrected chi connectivity index (χ3v) is 4.33. The van der Waals surface area contributed by atoms with Crippen molar-refractivity contribution in [3.63, 3.8) is 0 Å². The molecule has 2 aromatic carbocycles. The molecule has 4 nitrogen and oxygen atoms in total. The highest BCUT2D eigenvalue weighted by Gasteiger charge is 2.50. The van der Waals surface area contributed by atoms with Crippen LogP contribution in [0.5, 0.6) is 5.75 Å². The average Bonchev–Trinajstić information content (AvgIpc) is 2.48. The quantitative estimate of drug-likeness (QED) is 0.871. The van der Waals surface area contributed by atoms with E-state index in [1.165, 1.54) is 11.0 Å². The number of anilines is 1. The van der Waals surface area contributed by atoms with Gasteiger partial charge in [0.2, 0.25) is 0 Å². The fraction of sp³-hybridized carbons (Fsp3) is 0.235. The lowest BCUT2D eigenvalue weighted by Crippen LogP contribution is -2.65. The number of carbonyl (C=O) groups is 1. The highest BCUT2D eigenvalue weighted by Crippen LogP contribution is 2.45. The van der Waals surface area contributed by atoms with Gasteiger partial charge in [-0.25, -0.2) is 13.6 Å². The van der Waals surface area contributed by atoms with Crippen molar-refractivity contribution >= 4 is 11.7 Å². The predicted octanol–water partition coefficient (Wildman–Crippen LogP) is 3.73. The van der Waals surface area contributed by atoms with Crippen LogP contribution in [-0.2, 0) is 0 Å². The summed E-state index contributed by atoms with van der Waals surface area (Å²) in [4.78, 5) is 13.8. The fourth-order valence-electron chi connectivity index (χ4n) is 3.35. The van der Waals surface area contributed by atoms with E-state index < -0.39 is 23.4 Å². The monoisotopic (exact) mass is 316 g/mol. The highest BCUT2D eigenvalue weighted by atomic mass is 19.1. The number of rotatable bonds is 1. The van der Waals surface area contributed by atoms with E-state index in [2.05, 4.69) is 5.32 Å². The molecule has 2 aliphatic rings. The Labute approximate surface area is 131 Å². The lowest BCUT2D eigenvalue weighted by atomic mass is 9.90. The van der Waals surface area contributed by atoms with Crippen molar-refractivity contribution in [2.24, 2.45) is 0 Å². The second kappa shape index (κ2) is 4.68. The predicted molar refractivity (Wildman–Crippen MR) is 80.2 cm³/mol. The number of carbonyl (C=O) groups excluding carboxylic acids is 1. The van der Waals surface area contributed by atoms with Crippen LogP contribution in [0.1, 0.15) is 24.9 Å². The average molecular weight is 316 g/mol. The summed E-state index contributed by atoms with van der Waals surface area (Å²) in [5.74, 6) is -0.845. The smallest absolute Gasteiger partial charge is 0.325 e. The maximum Gasteiger partial charge on any atom is 0.325 e.